The Kier molecular flexibility index (Phi) is 5.11. The van der Waals surface area contributed by atoms with Crippen LogP contribution in [0.1, 0.15) is 6.42 Å². The number of para-hydroxylation sites is 1. The van der Waals surface area contributed by atoms with Crippen molar-refractivity contribution in [3.63, 3.8) is 0 Å². The van der Waals surface area contributed by atoms with Gasteiger partial charge < -0.3 is 9.47 Å². The number of benzene rings is 2. The highest BCUT2D eigenvalue weighted by Gasteiger charge is 2.41. The zero-order chi connectivity index (χ0) is 18.7. The van der Waals surface area contributed by atoms with E-state index in [9.17, 15) is 13.2 Å². The molecule has 0 unspecified atom stereocenters. The fourth-order valence-corrected chi connectivity index (χ4v) is 4.40. The number of sulfonamides is 1. The highest BCUT2D eigenvalue weighted by Crippen LogP contribution is 2.30. The van der Waals surface area contributed by atoms with E-state index < -0.39 is 22.0 Å². The van der Waals surface area contributed by atoms with Gasteiger partial charge in [0.2, 0.25) is 10.0 Å². The minimum atomic E-state index is -3.85. The largest absolute Gasteiger partial charge is 0.468 e. The van der Waals surface area contributed by atoms with Crippen LogP contribution >= 0.6 is 0 Å². The van der Waals surface area contributed by atoms with Gasteiger partial charge in [0, 0.05) is 6.54 Å². The van der Waals surface area contributed by atoms with E-state index >= 15 is 0 Å². The molecule has 1 aliphatic heterocycles. The van der Waals surface area contributed by atoms with Gasteiger partial charge in [-0.3, -0.25) is 4.79 Å². The number of nitrogens with zero attached hydrogens (tertiary/aromatic N) is 1. The van der Waals surface area contributed by atoms with E-state index in [4.69, 9.17) is 9.47 Å². The quantitative estimate of drug-likeness (QED) is 0.595. The standard InChI is InChI=1S/C19H19NO5S/c1-14-12-18(19(21)24-2)20(13-14)26(22,23)17-10-8-16(9-11-17)25-15-6-4-3-5-7-15/h3-11,18H,1,12-13H2,2H3/t18-/m1/s1. The van der Waals surface area contributed by atoms with Crippen molar-refractivity contribution in [1.82, 2.24) is 4.31 Å². The Morgan fingerprint density at radius 1 is 1.08 bits per heavy atom. The molecule has 136 valence electrons. The van der Waals surface area contributed by atoms with Gasteiger partial charge in [-0.1, -0.05) is 30.4 Å². The molecule has 6 nitrogen and oxygen atoms in total. The zero-order valence-corrected chi connectivity index (χ0v) is 15.1. The fourth-order valence-electron chi connectivity index (χ4n) is 2.80. The number of esters is 1. The van der Waals surface area contributed by atoms with Gasteiger partial charge in [0.15, 0.2) is 0 Å². The molecule has 3 rings (SSSR count). The molecule has 1 heterocycles. The summed E-state index contributed by atoms with van der Waals surface area (Å²) >= 11 is 0. The van der Waals surface area contributed by atoms with Crippen LogP contribution < -0.4 is 4.74 Å². The Morgan fingerprint density at radius 2 is 1.69 bits per heavy atom. The minimum Gasteiger partial charge on any atom is -0.468 e. The summed E-state index contributed by atoms with van der Waals surface area (Å²) in [6.45, 7) is 3.91. The van der Waals surface area contributed by atoms with Crippen molar-refractivity contribution in [1.29, 1.82) is 0 Å². The molecular weight excluding hydrogens is 354 g/mol. The molecule has 0 saturated carbocycles. The molecule has 0 aliphatic carbocycles. The molecule has 2 aromatic rings. The van der Waals surface area contributed by atoms with E-state index in [0.717, 1.165) is 4.31 Å². The average molecular weight is 373 g/mol. The molecule has 0 aromatic heterocycles. The van der Waals surface area contributed by atoms with Crippen LogP contribution in [0.4, 0.5) is 0 Å². The first-order valence-electron chi connectivity index (χ1n) is 8.01. The van der Waals surface area contributed by atoms with Crippen LogP contribution in [0, 0.1) is 0 Å². The monoisotopic (exact) mass is 373 g/mol. The summed E-state index contributed by atoms with van der Waals surface area (Å²) in [5.41, 5.74) is 0.674. The Morgan fingerprint density at radius 3 is 2.31 bits per heavy atom. The molecule has 0 amide bonds. The van der Waals surface area contributed by atoms with Gasteiger partial charge in [0.25, 0.3) is 0 Å². The molecular formula is C19H19NO5S. The van der Waals surface area contributed by atoms with Gasteiger partial charge >= 0.3 is 5.97 Å². The number of carbonyl (C=O) groups excluding carboxylic acids is 1. The van der Waals surface area contributed by atoms with E-state index in [1.807, 2.05) is 18.2 Å². The van der Waals surface area contributed by atoms with E-state index in [1.165, 1.54) is 19.2 Å². The number of ether oxygens (including phenoxy) is 2. The smallest absolute Gasteiger partial charge is 0.324 e. The normalized spacial score (nSPS) is 17.9. The van der Waals surface area contributed by atoms with E-state index in [-0.39, 0.29) is 17.9 Å². The molecule has 1 atom stereocenters. The summed E-state index contributed by atoms with van der Waals surface area (Å²) in [5.74, 6) is 0.589. The molecule has 1 fully saturated rings. The van der Waals surface area contributed by atoms with Crippen molar-refractivity contribution < 1.29 is 22.7 Å². The Balaban J connectivity index is 1.83. The SMILES string of the molecule is C=C1C[C@H](C(=O)OC)N(S(=O)(=O)c2ccc(Oc3ccccc3)cc2)C1. The van der Waals surface area contributed by atoms with Crippen molar-refractivity contribution in [3.8, 4) is 11.5 Å². The van der Waals surface area contributed by atoms with E-state index in [1.54, 1.807) is 24.3 Å². The molecule has 1 aliphatic rings. The molecule has 0 bridgehead atoms. The maximum atomic E-state index is 12.9. The van der Waals surface area contributed by atoms with Gasteiger partial charge in [0.05, 0.1) is 12.0 Å². The lowest BCUT2D eigenvalue weighted by Crippen LogP contribution is -2.41. The lowest BCUT2D eigenvalue weighted by molar-refractivity contribution is -0.144. The second-order valence-corrected chi connectivity index (χ2v) is 7.82. The number of rotatable bonds is 5. The van der Waals surface area contributed by atoms with Crippen molar-refractivity contribution >= 4 is 16.0 Å². The second-order valence-electron chi connectivity index (χ2n) is 5.93. The predicted molar refractivity (Wildman–Crippen MR) is 96.4 cm³/mol. The number of methoxy groups -OCH3 is 1. The summed E-state index contributed by atoms with van der Waals surface area (Å²) in [6, 6.07) is 14.4. The van der Waals surface area contributed by atoms with E-state index in [2.05, 4.69) is 6.58 Å². The Hall–Kier alpha value is -2.64. The first kappa shape index (κ1) is 18.2. The van der Waals surface area contributed by atoms with Crippen molar-refractivity contribution in [3.05, 3.63) is 66.7 Å². The molecule has 7 heteroatoms. The molecule has 0 spiro atoms. The third kappa shape index (κ3) is 3.63. The van der Waals surface area contributed by atoms with Crippen molar-refractivity contribution in [2.45, 2.75) is 17.4 Å². The van der Waals surface area contributed by atoms with Crippen LogP contribution in [0.25, 0.3) is 0 Å². The maximum absolute atomic E-state index is 12.9. The lowest BCUT2D eigenvalue weighted by Gasteiger charge is -2.21. The van der Waals surface area contributed by atoms with Crippen LogP contribution in [0.2, 0.25) is 0 Å². The van der Waals surface area contributed by atoms with Crippen LogP contribution in [-0.2, 0) is 19.6 Å². The number of carbonyl (C=O) groups is 1. The number of hydrogen-bond acceptors (Lipinski definition) is 5. The van der Waals surface area contributed by atoms with Crippen LogP contribution in [-0.4, -0.2) is 38.4 Å². The fraction of sp³-hybridized carbons (Fsp3) is 0.211. The topological polar surface area (TPSA) is 72.9 Å². The van der Waals surface area contributed by atoms with Gasteiger partial charge in [-0.25, -0.2) is 8.42 Å². The van der Waals surface area contributed by atoms with Gasteiger partial charge in [0.1, 0.15) is 17.5 Å². The first-order valence-corrected chi connectivity index (χ1v) is 9.45. The van der Waals surface area contributed by atoms with Gasteiger partial charge in [-0.05, 0) is 42.8 Å². The first-order chi connectivity index (χ1) is 12.4. The maximum Gasteiger partial charge on any atom is 0.324 e. The third-order valence-electron chi connectivity index (χ3n) is 4.09. The summed E-state index contributed by atoms with van der Waals surface area (Å²) < 4.78 is 37.4. The zero-order valence-electron chi connectivity index (χ0n) is 14.3. The highest BCUT2D eigenvalue weighted by atomic mass is 32.2. The van der Waals surface area contributed by atoms with Crippen LogP contribution in [0.3, 0.4) is 0 Å². The lowest BCUT2D eigenvalue weighted by atomic mass is 10.2. The molecule has 0 N–H and O–H groups in total. The second kappa shape index (κ2) is 7.31. The predicted octanol–water partition coefficient (Wildman–Crippen LogP) is 2.97. The molecule has 26 heavy (non-hydrogen) atoms. The summed E-state index contributed by atoms with van der Waals surface area (Å²) in [5, 5.41) is 0. The highest BCUT2D eigenvalue weighted by molar-refractivity contribution is 7.89. The minimum absolute atomic E-state index is 0.0847. The third-order valence-corrected chi connectivity index (χ3v) is 5.96. The summed E-state index contributed by atoms with van der Waals surface area (Å²) in [7, 11) is -2.61. The summed E-state index contributed by atoms with van der Waals surface area (Å²) in [6.07, 6.45) is 0.265. The average Bonchev–Trinajstić information content (AvgIpc) is 3.05. The van der Waals surface area contributed by atoms with Crippen molar-refractivity contribution in [2.75, 3.05) is 13.7 Å². The Labute approximate surface area is 152 Å². The van der Waals surface area contributed by atoms with Crippen LogP contribution in [0.15, 0.2) is 71.6 Å². The van der Waals surface area contributed by atoms with Gasteiger partial charge in [-0.2, -0.15) is 4.31 Å². The van der Waals surface area contributed by atoms with E-state index in [0.29, 0.717) is 17.1 Å². The van der Waals surface area contributed by atoms with Crippen molar-refractivity contribution in [2.24, 2.45) is 0 Å². The van der Waals surface area contributed by atoms with Crippen LogP contribution in [0.5, 0.6) is 11.5 Å². The molecule has 0 radical (unpaired) electrons. The number of hydrogen-bond donors (Lipinski definition) is 0. The van der Waals surface area contributed by atoms with Gasteiger partial charge in [-0.15, -0.1) is 0 Å². The Bertz CT molecular complexity index is 907. The molecule has 2 aromatic carbocycles. The summed E-state index contributed by atoms with van der Waals surface area (Å²) in [4.78, 5) is 12.0. The molecule has 1 saturated heterocycles.